The SMILES string of the molecule is CC(CNC(=O)Cc1ccc(C(F)(F)P(=O)(O)O)cc1)CN(CCC(C)NC(=O)Cc1ccc(C(F)(F)P(=O)(O)O)cc1)C(=O)C(C)CC(C)C(=O)ON1C(=O)CCC1=O. The van der Waals surface area contributed by atoms with Crippen molar-refractivity contribution in [1.29, 1.82) is 0 Å². The molecule has 60 heavy (non-hydrogen) atoms. The number of rotatable bonds is 21. The van der Waals surface area contributed by atoms with E-state index in [2.05, 4.69) is 10.6 Å². The topological polar surface area (TPSA) is 257 Å². The first-order valence-corrected chi connectivity index (χ1v) is 21.8. The number of hydrogen-bond acceptors (Lipinski definition) is 9. The van der Waals surface area contributed by atoms with Gasteiger partial charge in [0.15, 0.2) is 0 Å². The van der Waals surface area contributed by atoms with E-state index in [1.807, 2.05) is 0 Å². The van der Waals surface area contributed by atoms with Gasteiger partial charge in [0.25, 0.3) is 11.8 Å². The van der Waals surface area contributed by atoms with Gasteiger partial charge in [-0.25, -0.2) is 4.79 Å². The van der Waals surface area contributed by atoms with Crippen LogP contribution in [-0.4, -0.2) is 90.7 Å². The van der Waals surface area contributed by atoms with Crippen LogP contribution < -0.4 is 10.6 Å². The van der Waals surface area contributed by atoms with Crippen molar-refractivity contribution in [2.45, 2.75) is 83.6 Å². The summed E-state index contributed by atoms with van der Waals surface area (Å²) >= 11 is 0. The summed E-state index contributed by atoms with van der Waals surface area (Å²) in [7, 11) is -11.6. The lowest BCUT2D eigenvalue weighted by Crippen LogP contribution is -2.44. The number of alkyl halides is 4. The van der Waals surface area contributed by atoms with Crippen LogP contribution in [0, 0.1) is 17.8 Å². The van der Waals surface area contributed by atoms with Crippen molar-refractivity contribution in [3.8, 4) is 0 Å². The smallest absolute Gasteiger partial charge is 0.355 e. The van der Waals surface area contributed by atoms with E-state index in [1.54, 1.807) is 20.8 Å². The van der Waals surface area contributed by atoms with Gasteiger partial charge in [-0.05, 0) is 36.8 Å². The number of imide groups is 1. The molecule has 1 heterocycles. The van der Waals surface area contributed by atoms with Gasteiger partial charge in [-0.2, -0.15) is 17.6 Å². The molecule has 5 amide bonds. The number of hydrogen-bond donors (Lipinski definition) is 6. The molecule has 0 spiro atoms. The van der Waals surface area contributed by atoms with Gasteiger partial charge >= 0.3 is 32.5 Å². The van der Waals surface area contributed by atoms with Crippen LogP contribution in [0.2, 0.25) is 0 Å². The zero-order valence-corrected chi connectivity index (χ0v) is 34.8. The first-order valence-electron chi connectivity index (χ1n) is 18.6. The van der Waals surface area contributed by atoms with Crippen LogP contribution in [0.1, 0.15) is 75.6 Å². The summed E-state index contributed by atoms with van der Waals surface area (Å²) in [6.07, 6.45) is -0.583. The van der Waals surface area contributed by atoms with Gasteiger partial charge in [-0.3, -0.25) is 33.1 Å². The Morgan fingerprint density at radius 1 is 0.767 bits per heavy atom. The Morgan fingerprint density at radius 3 is 1.67 bits per heavy atom. The Hall–Kier alpha value is -4.52. The minimum absolute atomic E-state index is 0.0388. The maximum absolute atomic E-state index is 14.0. The van der Waals surface area contributed by atoms with E-state index in [9.17, 15) is 55.5 Å². The molecule has 1 aliphatic heterocycles. The van der Waals surface area contributed by atoms with Gasteiger partial charge in [-0.15, -0.1) is 5.06 Å². The highest BCUT2D eigenvalue weighted by Gasteiger charge is 2.51. The van der Waals surface area contributed by atoms with Crippen molar-refractivity contribution < 1.29 is 79.9 Å². The van der Waals surface area contributed by atoms with Crippen molar-refractivity contribution in [1.82, 2.24) is 20.6 Å². The first-order chi connectivity index (χ1) is 27.6. The normalized spacial score (nSPS) is 15.8. The number of carbonyl (C=O) groups is 6. The second-order valence-corrected chi connectivity index (χ2v) is 18.2. The molecule has 1 fully saturated rings. The first kappa shape index (κ1) is 49.8. The molecule has 2 aromatic carbocycles. The average molecular weight is 895 g/mol. The van der Waals surface area contributed by atoms with Crippen LogP contribution in [0.15, 0.2) is 48.5 Å². The lowest BCUT2D eigenvalue weighted by atomic mass is 9.95. The van der Waals surface area contributed by atoms with Crippen molar-refractivity contribution >= 4 is 50.7 Å². The molecule has 1 saturated heterocycles. The molecule has 4 atom stereocenters. The maximum Gasteiger partial charge on any atom is 0.399 e. The highest BCUT2D eigenvalue weighted by atomic mass is 31.2. The predicted molar refractivity (Wildman–Crippen MR) is 203 cm³/mol. The fourth-order valence-electron chi connectivity index (χ4n) is 6.06. The standard InChI is InChI=1S/C37H48F4N4O13P2/c1-22(20-42-30(46)18-26-5-9-28(10-6-26)36(38,39)59(52,53)54)21-44(34(50)23(2)17-24(3)35(51)58-45-32(48)13-14-33(45)49)16-15-25(4)43-31(47)19-27-7-11-29(12-8-27)37(40,41)60(55,56)57/h5-12,22-25H,13-21H2,1-4H3,(H,42,46)(H,43,47)(H2,52,53,54)(H2,55,56,57). The van der Waals surface area contributed by atoms with E-state index >= 15 is 0 Å². The molecule has 0 radical (unpaired) electrons. The van der Waals surface area contributed by atoms with Crippen molar-refractivity contribution in [3.63, 3.8) is 0 Å². The Morgan fingerprint density at radius 2 is 1.22 bits per heavy atom. The molecule has 23 heteroatoms. The number of nitrogens with one attached hydrogen (secondary N) is 2. The largest absolute Gasteiger partial charge is 0.399 e. The minimum atomic E-state index is -5.79. The third-order valence-corrected chi connectivity index (χ3v) is 11.5. The molecule has 17 nitrogen and oxygen atoms in total. The zero-order chi connectivity index (χ0) is 45.4. The molecule has 0 aliphatic carbocycles. The van der Waals surface area contributed by atoms with Gasteiger partial charge in [-0.1, -0.05) is 69.3 Å². The van der Waals surface area contributed by atoms with Gasteiger partial charge in [0.2, 0.25) is 17.7 Å². The molecule has 4 unspecified atom stereocenters. The van der Waals surface area contributed by atoms with Gasteiger partial charge < -0.3 is 39.9 Å². The molecule has 332 valence electrons. The third kappa shape index (κ3) is 13.5. The van der Waals surface area contributed by atoms with Gasteiger partial charge in [0, 0.05) is 55.6 Å². The van der Waals surface area contributed by atoms with E-state index in [1.165, 1.54) is 11.8 Å². The van der Waals surface area contributed by atoms with Crippen LogP contribution in [0.5, 0.6) is 0 Å². The number of hydroxylamine groups is 2. The summed E-state index contributed by atoms with van der Waals surface area (Å²) in [5.41, 5.74) is -10.1. The van der Waals surface area contributed by atoms with Crippen LogP contribution in [0.3, 0.4) is 0 Å². The van der Waals surface area contributed by atoms with Crippen LogP contribution in [0.25, 0.3) is 0 Å². The fraction of sp³-hybridized carbons (Fsp3) is 0.514. The molecule has 0 bridgehead atoms. The molecule has 0 saturated carbocycles. The molecular formula is C37H48F4N4O13P2. The van der Waals surface area contributed by atoms with E-state index in [0.717, 1.165) is 48.5 Å². The lowest BCUT2D eigenvalue weighted by molar-refractivity contribution is -0.200. The average Bonchev–Trinajstić information content (AvgIpc) is 3.46. The Kier molecular flexibility index (Phi) is 16.9. The fourth-order valence-corrected chi connectivity index (χ4v) is 7.03. The number of amides is 5. The summed E-state index contributed by atoms with van der Waals surface area (Å²) in [5, 5.41) is 5.83. The lowest BCUT2D eigenvalue weighted by Gasteiger charge is -2.30. The van der Waals surface area contributed by atoms with E-state index in [-0.39, 0.29) is 69.3 Å². The van der Waals surface area contributed by atoms with Crippen molar-refractivity contribution in [2.75, 3.05) is 19.6 Å². The van der Waals surface area contributed by atoms with E-state index in [0.29, 0.717) is 5.06 Å². The second-order valence-electron chi connectivity index (χ2n) is 14.9. The Labute approximate surface area is 342 Å². The van der Waals surface area contributed by atoms with E-state index < -0.39 is 96.9 Å². The monoisotopic (exact) mass is 894 g/mol. The van der Waals surface area contributed by atoms with Crippen LogP contribution in [0.4, 0.5) is 17.6 Å². The molecule has 2 aromatic rings. The number of carbonyl (C=O) groups excluding carboxylic acids is 6. The molecule has 6 N–H and O–H groups in total. The summed E-state index contributed by atoms with van der Waals surface area (Å²) in [5.74, 6) is -5.80. The highest BCUT2D eigenvalue weighted by molar-refractivity contribution is 7.52. The number of benzene rings is 2. The third-order valence-electron chi connectivity index (χ3n) is 9.51. The van der Waals surface area contributed by atoms with Crippen LogP contribution >= 0.6 is 15.2 Å². The summed E-state index contributed by atoms with van der Waals surface area (Å²) in [4.78, 5) is 118. The maximum atomic E-state index is 14.0. The molecular weight excluding hydrogens is 846 g/mol. The zero-order valence-electron chi connectivity index (χ0n) is 33.1. The number of nitrogens with zero attached hydrogens (tertiary/aromatic N) is 2. The van der Waals surface area contributed by atoms with Crippen molar-refractivity contribution in [3.05, 3.63) is 70.8 Å². The van der Waals surface area contributed by atoms with Gasteiger partial charge in [0.05, 0.1) is 18.8 Å². The van der Waals surface area contributed by atoms with Crippen molar-refractivity contribution in [2.24, 2.45) is 17.8 Å². The Balaban J connectivity index is 1.64. The quantitative estimate of drug-likeness (QED) is 0.0595. The summed E-state index contributed by atoms with van der Waals surface area (Å²) in [6, 6.07) is 7.23. The van der Waals surface area contributed by atoms with Crippen LogP contribution in [-0.2, 0) is 66.9 Å². The minimum Gasteiger partial charge on any atom is -0.355 e. The summed E-state index contributed by atoms with van der Waals surface area (Å²) < 4.78 is 78.4. The summed E-state index contributed by atoms with van der Waals surface area (Å²) in [6.45, 7) is 6.57. The Bertz CT molecular complexity index is 1980. The molecule has 1 aliphatic rings. The van der Waals surface area contributed by atoms with E-state index in [4.69, 9.17) is 24.4 Å². The number of halogens is 4. The highest BCUT2D eigenvalue weighted by Crippen LogP contribution is 2.60. The molecule has 0 aromatic heterocycles. The second kappa shape index (κ2) is 20.4. The van der Waals surface area contributed by atoms with Gasteiger partial charge in [0.1, 0.15) is 0 Å². The predicted octanol–water partition coefficient (Wildman–Crippen LogP) is 3.67. The molecule has 3 rings (SSSR count).